The van der Waals surface area contributed by atoms with E-state index in [-0.39, 0.29) is 18.9 Å². The molecule has 0 bridgehead atoms. The first-order valence-corrected chi connectivity index (χ1v) is 1.81. The van der Waals surface area contributed by atoms with Gasteiger partial charge in [-0.05, 0) is 6.26 Å². The summed E-state index contributed by atoms with van der Waals surface area (Å²) in [6.07, 6.45) is 4.23. The summed E-state index contributed by atoms with van der Waals surface area (Å²) < 4.78 is 4.59. The summed E-state index contributed by atoms with van der Waals surface area (Å²) in [4.78, 5) is 0. The Morgan fingerprint density at radius 1 is 1.71 bits per heavy atom. The molecule has 0 aromatic carbocycles. The Morgan fingerprint density at radius 3 is 2.57 bits per heavy atom. The molecule has 0 saturated carbocycles. The average molecular weight is 88.0 g/mol. The quantitative estimate of drug-likeness (QED) is 0.275. The van der Waals surface area contributed by atoms with Crippen molar-refractivity contribution in [3.8, 4) is 0 Å². The summed E-state index contributed by atoms with van der Waals surface area (Å²) in [5.41, 5.74) is 1.05. The second-order valence-corrected chi connectivity index (χ2v) is 1.21. The van der Waals surface area contributed by atoms with Crippen LogP contribution in [0.4, 0.5) is 0 Å². The Balaban J connectivity index is 0.000000360. The van der Waals surface area contributed by atoms with Gasteiger partial charge in [-0.3, -0.25) is 0 Å². The third kappa shape index (κ3) is 1.87. The molecule has 0 fully saturated rings. The molecule has 2 heteroatoms. The van der Waals surface area contributed by atoms with Crippen LogP contribution >= 0.6 is 0 Å². The van der Waals surface area contributed by atoms with Gasteiger partial charge in [0.15, 0.2) is 0 Å². The van der Waals surface area contributed by atoms with Crippen LogP contribution in [0.3, 0.4) is 0 Å². The van der Waals surface area contributed by atoms with Crippen LogP contribution in [0.1, 0.15) is 5.56 Å². The van der Waals surface area contributed by atoms with E-state index in [4.69, 9.17) is 0 Å². The molecule has 7 heavy (non-hydrogen) atoms. The summed E-state index contributed by atoms with van der Waals surface area (Å²) in [6.45, 7) is 1.93. The minimum atomic E-state index is 0. The van der Waals surface area contributed by atoms with E-state index in [1.165, 1.54) is 0 Å². The van der Waals surface area contributed by atoms with E-state index in [0.29, 0.717) is 0 Å². The number of furan rings is 1. The second-order valence-electron chi connectivity index (χ2n) is 1.21. The number of rotatable bonds is 0. The van der Waals surface area contributed by atoms with Crippen LogP contribution in [0.15, 0.2) is 16.7 Å². The van der Waals surface area contributed by atoms with Crippen LogP contribution in [0.2, 0.25) is 0 Å². The fraction of sp³-hybridized carbons (Fsp3) is 0.200. The second kappa shape index (κ2) is 2.96. The van der Waals surface area contributed by atoms with Gasteiger partial charge in [-0.1, -0.05) is 13.2 Å². The predicted octanol–water partition coefficient (Wildman–Crippen LogP) is -1.61. The van der Waals surface area contributed by atoms with Gasteiger partial charge >= 0.3 is 18.9 Å². The minimum Gasteiger partial charge on any atom is -0.599 e. The molecule has 0 N–H and O–H groups in total. The molecular formula is C5H5LiO. The molecule has 0 atom stereocenters. The zero-order chi connectivity index (χ0) is 4.41. The molecular weight excluding hydrogens is 83.0 g/mol. The van der Waals surface area contributed by atoms with Gasteiger partial charge in [-0.25, -0.2) is 0 Å². The van der Waals surface area contributed by atoms with E-state index in [1.54, 1.807) is 6.26 Å². The first kappa shape index (κ1) is 6.88. The number of aryl methyl sites for hydroxylation is 1. The van der Waals surface area contributed by atoms with E-state index < -0.39 is 0 Å². The molecule has 1 heterocycles. The fourth-order valence-electron chi connectivity index (χ4n) is 0.297. The maximum absolute atomic E-state index is 4.59. The van der Waals surface area contributed by atoms with Crippen molar-refractivity contribution < 1.29 is 23.3 Å². The Hall–Kier alpha value is -0.123. The van der Waals surface area contributed by atoms with E-state index >= 15 is 0 Å². The van der Waals surface area contributed by atoms with Gasteiger partial charge < -0.3 is 4.42 Å². The molecule has 0 spiro atoms. The maximum Gasteiger partial charge on any atom is 1.00 e. The third-order valence-electron chi connectivity index (χ3n) is 0.606. The molecule has 0 aliphatic carbocycles. The molecule has 0 unspecified atom stereocenters. The van der Waals surface area contributed by atoms with Crippen molar-refractivity contribution in [2.75, 3.05) is 0 Å². The van der Waals surface area contributed by atoms with Crippen LogP contribution in [0.25, 0.3) is 0 Å². The van der Waals surface area contributed by atoms with Gasteiger partial charge in [-0.2, -0.15) is 6.07 Å². The van der Waals surface area contributed by atoms with Crippen molar-refractivity contribution in [2.45, 2.75) is 6.92 Å². The van der Waals surface area contributed by atoms with Crippen LogP contribution in [0, 0.1) is 13.2 Å². The van der Waals surface area contributed by atoms with Gasteiger partial charge in [-0.15, -0.1) is 5.56 Å². The Bertz CT molecular complexity index is 112. The first-order valence-electron chi connectivity index (χ1n) is 1.81. The Morgan fingerprint density at radius 2 is 2.43 bits per heavy atom. The summed E-state index contributed by atoms with van der Waals surface area (Å²) in [7, 11) is 0. The molecule has 1 aromatic heterocycles. The molecule has 0 saturated heterocycles. The van der Waals surface area contributed by atoms with Crippen LogP contribution in [0.5, 0.6) is 0 Å². The zero-order valence-corrected chi connectivity index (χ0v) is 4.56. The molecule has 1 aromatic rings. The SMILES string of the molecule is Cc1[c-]occ1.[Li+]. The summed E-state index contributed by atoms with van der Waals surface area (Å²) in [5, 5.41) is 0. The Labute approximate surface area is 54.9 Å². The zero-order valence-electron chi connectivity index (χ0n) is 4.56. The number of hydrogen-bond donors (Lipinski definition) is 0. The Kier molecular flexibility index (Phi) is 2.90. The molecule has 1 nitrogen and oxygen atoms in total. The van der Waals surface area contributed by atoms with Gasteiger partial charge in [0.2, 0.25) is 0 Å². The van der Waals surface area contributed by atoms with Crippen molar-refractivity contribution in [2.24, 2.45) is 0 Å². The van der Waals surface area contributed by atoms with Crippen molar-refractivity contribution >= 4 is 0 Å². The average Bonchev–Trinajstić information content (AvgIpc) is 1.86. The fourth-order valence-corrected chi connectivity index (χ4v) is 0.297. The van der Waals surface area contributed by atoms with Crippen LogP contribution in [-0.4, -0.2) is 0 Å². The van der Waals surface area contributed by atoms with Crippen LogP contribution < -0.4 is 18.9 Å². The molecule has 0 radical (unpaired) electrons. The molecule has 1 rings (SSSR count). The third-order valence-corrected chi connectivity index (χ3v) is 0.606. The number of hydrogen-bond acceptors (Lipinski definition) is 1. The minimum absolute atomic E-state index is 0. The van der Waals surface area contributed by atoms with Crippen molar-refractivity contribution in [3.05, 3.63) is 24.2 Å². The monoisotopic (exact) mass is 88.1 g/mol. The predicted molar refractivity (Wildman–Crippen MR) is 22.3 cm³/mol. The van der Waals surface area contributed by atoms with E-state index in [1.807, 2.05) is 13.0 Å². The largest absolute Gasteiger partial charge is 1.00 e. The molecule has 32 valence electrons. The van der Waals surface area contributed by atoms with Gasteiger partial charge in [0.1, 0.15) is 0 Å². The van der Waals surface area contributed by atoms with Gasteiger partial charge in [0.25, 0.3) is 0 Å². The van der Waals surface area contributed by atoms with Gasteiger partial charge in [0, 0.05) is 0 Å². The standard InChI is InChI=1S/C5H5O.Li/c1-5-2-3-6-4-5;/h2-3H,1H3;/q-1;+1. The van der Waals surface area contributed by atoms with Crippen molar-refractivity contribution in [1.82, 2.24) is 0 Å². The maximum atomic E-state index is 4.59. The topological polar surface area (TPSA) is 13.1 Å². The van der Waals surface area contributed by atoms with Crippen molar-refractivity contribution in [1.29, 1.82) is 0 Å². The summed E-state index contributed by atoms with van der Waals surface area (Å²) >= 11 is 0. The molecule has 0 aliphatic heterocycles. The van der Waals surface area contributed by atoms with Gasteiger partial charge in [0.05, 0.1) is 0 Å². The first-order chi connectivity index (χ1) is 2.89. The van der Waals surface area contributed by atoms with Crippen LogP contribution in [-0.2, 0) is 0 Å². The smallest absolute Gasteiger partial charge is 0.599 e. The summed E-state index contributed by atoms with van der Waals surface area (Å²) in [6, 6.07) is 1.86. The van der Waals surface area contributed by atoms with E-state index in [2.05, 4.69) is 10.7 Å². The van der Waals surface area contributed by atoms with E-state index in [9.17, 15) is 0 Å². The summed E-state index contributed by atoms with van der Waals surface area (Å²) in [5.74, 6) is 0. The van der Waals surface area contributed by atoms with E-state index in [0.717, 1.165) is 5.56 Å². The molecule has 0 aliphatic rings. The normalized spacial score (nSPS) is 7.57. The van der Waals surface area contributed by atoms with Crippen molar-refractivity contribution in [3.63, 3.8) is 0 Å². The molecule has 0 amide bonds.